The van der Waals surface area contributed by atoms with Crippen molar-refractivity contribution >= 4 is 11.8 Å². The lowest BCUT2D eigenvalue weighted by Gasteiger charge is -2.32. The molecule has 1 saturated heterocycles. The Labute approximate surface area is 130 Å². The molecule has 1 aromatic heterocycles. The van der Waals surface area contributed by atoms with Gasteiger partial charge in [0.05, 0.1) is 25.9 Å². The Morgan fingerprint density at radius 3 is 2.91 bits per heavy atom. The van der Waals surface area contributed by atoms with Crippen LogP contribution in [0.25, 0.3) is 0 Å². The standard InChI is InChI=1S/C16H23N3O3/c20-15-11-18(8-7-17-15)16(21)12-19(13-4-1-2-5-13)10-14-6-3-9-22-14/h3,6,9,13H,1-2,4-5,7-8,10-12H2,(H,17,20). The van der Waals surface area contributed by atoms with E-state index in [2.05, 4.69) is 10.2 Å². The highest BCUT2D eigenvalue weighted by atomic mass is 16.3. The molecule has 2 aliphatic rings. The van der Waals surface area contributed by atoms with Crippen molar-refractivity contribution in [3.05, 3.63) is 24.2 Å². The van der Waals surface area contributed by atoms with Gasteiger partial charge in [0, 0.05) is 19.1 Å². The molecule has 2 heterocycles. The summed E-state index contributed by atoms with van der Waals surface area (Å²) in [5.74, 6) is 0.849. The first-order chi connectivity index (χ1) is 10.7. The van der Waals surface area contributed by atoms with Crippen LogP contribution in [-0.2, 0) is 16.1 Å². The molecule has 1 aliphatic carbocycles. The zero-order chi connectivity index (χ0) is 15.4. The van der Waals surface area contributed by atoms with Gasteiger partial charge in [-0.3, -0.25) is 14.5 Å². The van der Waals surface area contributed by atoms with Gasteiger partial charge in [-0.25, -0.2) is 0 Å². The predicted molar refractivity (Wildman–Crippen MR) is 81.0 cm³/mol. The van der Waals surface area contributed by atoms with Crippen LogP contribution in [0.15, 0.2) is 22.8 Å². The van der Waals surface area contributed by atoms with Crippen molar-refractivity contribution in [1.82, 2.24) is 15.1 Å². The molecular formula is C16H23N3O3. The molecular weight excluding hydrogens is 282 g/mol. The molecule has 0 aromatic carbocycles. The summed E-state index contributed by atoms with van der Waals surface area (Å²) in [7, 11) is 0. The predicted octanol–water partition coefficient (Wildman–Crippen LogP) is 0.983. The fourth-order valence-corrected chi connectivity index (χ4v) is 3.31. The van der Waals surface area contributed by atoms with Crippen LogP contribution in [0.2, 0.25) is 0 Å². The normalized spacial score (nSPS) is 19.7. The number of rotatable bonds is 5. The minimum Gasteiger partial charge on any atom is -0.468 e. The highest BCUT2D eigenvalue weighted by Gasteiger charge is 2.28. The lowest BCUT2D eigenvalue weighted by molar-refractivity contribution is -0.139. The van der Waals surface area contributed by atoms with E-state index >= 15 is 0 Å². The molecule has 6 heteroatoms. The van der Waals surface area contributed by atoms with Crippen LogP contribution in [0.3, 0.4) is 0 Å². The van der Waals surface area contributed by atoms with Gasteiger partial charge in [0.1, 0.15) is 5.76 Å². The molecule has 0 spiro atoms. The van der Waals surface area contributed by atoms with Crippen molar-refractivity contribution in [2.24, 2.45) is 0 Å². The van der Waals surface area contributed by atoms with Gasteiger partial charge in [-0.2, -0.15) is 0 Å². The Hall–Kier alpha value is -1.82. The Bertz CT molecular complexity index is 509. The third-order valence-electron chi connectivity index (χ3n) is 4.51. The molecule has 2 fully saturated rings. The van der Waals surface area contributed by atoms with E-state index in [-0.39, 0.29) is 18.4 Å². The molecule has 1 N–H and O–H groups in total. The number of hydrogen-bond donors (Lipinski definition) is 1. The molecule has 0 unspecified atom stereocenters. The van der Waals surface area contributed by atoms with Crippen molar-refractivity contribution in [2.45, 2.75) is 38.3 Å². The number of nitrogens with zero attached hydrogens (tertiary/aromatic N) is 2. The average Bonchev–Trinajstić information content (AvgIpc) is 3.20. The highest BCUT2D eigenvalue weighted by molar-refractivity contribution is 5.86. The van der Waals surface area contributed by atoms with E-state index in [1.165, 1.54) is 12.8 Å². The summed E-state index contributed by atoms with van der Waals surface area (Å²) in [5, 5.41) is 2.75. The van der Waals surface area contributed by atoms with Crippen molar-refractivity contribution in [1.29, 1.82) is 0 Å². The quantitative estimate of drug-likeness (QED) is 0.881. The van der Waals surface area contributed by atoms with Crippen LogP contribution >= 0.6 is 0 Å². The number of piperazine rings is 1. The summed E-state index contributed by atoms with van der Waals surface area (Å²) in [4.78, 5) is 27.8. The molecule has 3 rings (SSSR count). The summed E-state index contributed by atoms with van der Waals surface area (Å²) < 4.78 is 5.44. The Morgan fingerprint density at radius 2 is 2.23 bits per heavy atom. The number of hydrogen-bond acceptors (Lipinski definition) is 4. The first kappa shape index (κ1) is 15.1. The fourth-order valence-electron chi connectivity index (χ4n) is 3.31. The lowest BCUT2D eigenvalue weighted by atomic mass is 10.2. The summed E-state index contributed by atoms with van der Waals surface area (Å²) >= 11 is 0. The number of carbonyl (C=O) groups excluding carboxylic acids is 2. The first-order valence-corrected chi connectivity index (χ1v) is 8.03. The molecule has 22 heavy (non-hydrogen) atoms. The molecule has 1 saturated carbocycles. The minimum absolute atomic E-state index is 0.0355. The van der Waals surface area contributed by atoms with Gasteiger partial charge in [-0.1, -0.05) is 12.8 Å². The second-order valence-corrected chi connectivity index (χ2v) is 6.09. The number of amides is 2. The Kier molecular flexibility index (Phi) is 4.77. The van der Waals surface area contributed by atoms with E-state index in [0.717, 1.165) is 18.6 Å². The number of carbonyl (C=O) groups is 2. The highest BCUT2D eigenvalue weighted by Crippen LogP contribution is 2.25. The second kappa shape index (κ2) is 6.96. The van der Waals surface area contributed by atoms with E-state index in [1.807, 2.05) is 12.1 Å². The van der Waals surface area contributed by atoms with Gasteiger partial charge < -0.3 is 14.6 Å². The monoisotopic (exact) mass is 305 g/mol. The molecule has 120 valence electrons. The summed E-state index contributed by atoms with van der Waals surface area (Å²) in [6.45, 7) is 2.34. The molecule has 0 atom stereocenters. The van der Waals surface area contributed by atoms with Crippen LogP contribution in [0.4, 0.5) is 0 Å². The van der Waals surface area contributed by atoms with Crippen LogP contribution in [0.1, 0.15) is 31.4 Å². The van der Waals surface area contributed by atoms with Crippen molar-refractivity contribution in [3.8, 4) is 0 Å². The van der Waals surface area contributed by atoms with Gasteiger partial charge in [-0.15, -0.1) is 0 Å². The third kappa shape index (κ3) is 3.68. The van der Waals surface area contributed by atoms with Crippen LogP contribution < -0.4 is 5.32 Å². The zero-order valence-electron chi connectivity index (χ0n) is 12.8. The maximum absolute atomic E-state index is 12.5. The van der Waals surface area contributed by atoms with E-state index in [9.17, 15) is 9.59 Å². The summed E-state index contributed by atoms with van der Waals surface area (Å²) in [6, 6.07) is 4.26. The van der Waals surface area contributed by atoms with E-state index in [1.54, 1.807) is 11.2 Å². The molecule has 2 amide bonds. The fraction of sp³-hybridized carbons (Fsp3) is 0.625. The maximum Gasteiger partial charge on any atom is 0.239 e. The zero-order valence-corrected chi connectivity index (χ0v) is 12.8. The van der Waals surface area contributed by atoms with Crippen molar-refractivity contribution in [3.63, 3.8) is 0 Å². The molecule has 1 aliphatic heterocycles. The Morgan fingerprint density at radius 1 is 1.41 bits per heavy atom. The average molecular weight is 305 g/mol. The van der Waals surface area contributed by atoms with Gasteiger partial charge in [-0.05, 0) is 25.0 Å². The first-order valence-electron chi connectivity index (χ1n) is 8.03. The van der Waals surface area contributed by atoms with E-state index in [4.69, 9.17) is 4.42 Å². The van der Waals surface area contributed by atoms with Crippen molar-refractivity contribution < 1.29 is 14.0 Å². The number of nitrogens with one attached hydrogen (secondary N) is 1. The molecule has 1 aromatic rings. The number of furan rings is 1. The third-order valence-corrected chi connectivity index (χ3v) is 4.51. The summed E-state index contributed by atoms with van der Waals surface area (Å²) in [5.41, 5.74) is 0. The van der Waals surface area contributed by atoms with E-state index < -0.39 is 0 Å². The van der Waals surface area contributed by atoms with Crippen LogP contribution in [0, 0.1) is 0 Å². The molecule has 0 bridgehead atoms. The Balaban J connectivity index is 1.63. The lowest BCUT2D eigenvalue weighted by Crippen LogP contribution is -2.53. The van der Waals surface area contributed by atoms with Crippen LogP contribution in [0.5, 0.6) is 0 Å². The topological polar surface area (TPSA) is 65.8 Å². The minimum atomic E-state index is -0.0712. The maximum atomic E-state index is 12.5. The van der Waals surface area contributed by atoms with Gasteiger partial charge in [0.15, 0.2) is 0 Å². The van der Waals surface area contributed by atoms with Gasteiger partial charge in [0.25, 0.3) is 0 Å². The van der Waals surface area contributed by atoms with Gasteiger partial charge >= 0.3 is 0 Å². The molecule has 6 nitrogen and oxygen atoms in total. The van der Waals surface area contributed by atoms with Crippen LogP contribution in [-0.4, -0.2) is 53.8 Å². The smallest absolute Gasteiger partial charge is 0.239 e. The second-order valence-electron chi connectivity index (χ2n) is 6.09. The largest absolute Gasteiger partial charge is 0.468 e. The summed E-state index contributed by atoms with van der Waals surface area (Å²) in [6.07, 6.45) is 6.38. The van der Waals surface area contributed by atoms with Gasteiger partial charge in [0.2, 0.25) is 11.8 Å². The molecule has 0 radical (unpaired) electrons. The van der Waals surface area contributed by atoms with E-state index in [0.29, 0.717) is 32.2 Å². The SMILES string of the molecule is O=C1CN(C(=O)CN(Cc2ccco2)C2CCCC2)CCN1. The van der Waals surface area contributed by atoms with Crippen molar-refractivity contribution in [2.75, 3.05) is 26.2 Å².